The van der Waals surface area contributed by atoms with E-state index in [4.69, 9.17) is 22.2 Å². The van der Waals surface area contributed by atoms with Crippen molar-refractivity contribution in [2.75, 3.05) is 15.3 Å². The second kappa shape index (κ2) is 8.57. The Morgan fingerprint density at radius 2 is 2.03 bits per heavy atom. The van der Waals surface area contributed by atoms with Gasteiger partial charge < -0.3 is 9.64 Å². The van der Waals surface area contributed by atoms with Gasteiger partial charge in [0.2, 0.25) is 0 Å². The van der Waals surface area contributed by atoms with Crippen LogP contribution in [-0.4, -0.2) is 27.1 Å². The van der Waals surface area contributed by atoms with Crippen molar-refractivity contribution >= 4 is 50.5 Å². The van der Waals surface area contributed by atoms with Gasteiger partial charge in [0.1, 0.15) is 22.9 Å². The lowest BCUT2D eigenvalue weighted by molar-refractivity contribution is -0.138. The summed E-state index contributed by atoms with van der Waals surface area (Å²) < 4.78 is 46.1. The van der Waals surface area contributed by atoms with Crippen molar-refractivity contribution in [1.29, 1.82) is 5.26 Å². The minimum atomic E-state index is -4.80. The molecule has 33 heavy (non-hydrogen) atoms. The van der Waals surface area contributed by atoms with E-state index in [0.29, 0.717) is 36.2 Å². The van der Waals surface area contributed by atoms with Crippen LogP contribution in [0.2, 0.25) is 0 Å². The normalized spacial score (nSPS) is 17.3. The first-order valence-corrected chi connectivity index (χ1v) is 11.7. The average Bonchev–Trinajstić information content (AvgIpc) is 3.00. The molecular weight excluding hydrogens is 521 g/mol. The van der Waals surface area contributed by atoms with Crippen LogP contribution in [0.4, 0.5) is 24.5 Å². The number of anilines is 2. The van der Waals surface area contributed by atoms with Crippen molar-refractivity contribution in [3.8, 4) is 11.8 Å². The number of halogens is 4. The van der Waals surface area contributed by atoms with Crippen LogP contribution in [0.1, 0.15) is 43.0 Å². The van der Waals surface area contributed by atoms with E-state index >= 15 is 0 Å². The second-order valence-corrected chi connectivity index (χ2v) is 8.56. The highest BCUT2D eigenvalue weighted by Crippen LogP contribution is 2.48. The largest absolute Gasteiger partial charge is 0.482 e. The average molecular weight is 539 g/mol. The molecule has 6 nitrogen and oxygen atoms in total. The van der Waals surface area contributed by atoms with Gasteiger partial charge in [0.05, 0.1) is 17.4 Å². The number of nitriles is 1. The number of pyridine rings is 1. The number of hydrogen-bond acceptors (Lipinski definition) is 5. The number of hydrogen-bond donors (Lipinski definition) is 0. The Kier molecular flexibility index (Phi) is 6.09. The van der Waals surface area contributed by atoms with E-state index in [1.165, 1.54) is 6.07 Å². The van der Waals surface area contributed by atoms with Crippen LogP contribution in [-0.2, 0) is 17.4 Å². The van der Waals surface area contributed by atoms with E-state index in [0.717, 1.165) is 29.1 Å². The predicted molar refractivity (Wildman–Crippen MR) is 123 cm³/mol. The number of carbonyl (C=O) groups is 1. The molecular formula is C22H18BrF3N4O2S. The molecule has 0 bridgehead atoms. The first-order chi connectivity index (χ1) is 15.7. The number of thiocarbonyl (C=S) groups is 1. The minimum Gasteiger partial charge on any atom is -0.482 e. The highest BCUT2D eigenvalue weighted by atomic mass is 79.9. The van der Waals surface area contributed by atoms with Crippen molar-refractivity contribution in [3.63, 3.8) is 0 Å². The van der Waals surface area contributed by atoms with Crippen molar-refractivity contribution in [1.82, 2.24) is 4.98 Å². The molecule has 172 valence electrons. The van der Waals surface area contributed by atoms with Gasteiger partial charge in [-0.25, -0.2) is 4.98 Å². The Labute approximate surface area is 202 Å². The zero-order valence-electron chi connectivity index (χ0n) is 17.4. The van der Waals surface area contributed by atoms with E-state index in [1.807, 2.05) is 13.0 Å². The number of aromatic nitrogens is 1. The Bertz CT molecular complexity index is 1180. The fourth-order valence-corrected chi connectivity index (χ4v) is 4.99. The summed E-state index contributed by atoms with van der Waals surface area (Å²) in [6.07, 6.45) is -1.19. The molecule has 0 unspecified atom stereocenters. The van der Waals surface area contributed by atoms with E-state index in [9.17, 15) is 18.0 Å². The van der Waals surface area contributed by atoms with Gasteiger partial charge >= 0.3 is 6.18 Å². The van der Waals surface area contributed by atoms with Crippen molar-refractivity contribution in [2.45, 2.75) is 44.3 Å². The number of rotatable bonds is 5. The second-order valence-electron chi connectivity index (χ2n) is 7.74. The van der Waals surface area contributed by atoms with Crippen LogP contribution in [0.25, 0.3) is 0 Å². The summed E-state index contributed by atoms with van der Waals surface area (Å²) in [4.78, 5) is 20.0. The van der Waals surface area contributed by atoms with Gasteiger partial charge in [-0.3, -0.25) is 9.69 Å². The Morgan fingerprint density at radius 3 is 2.58 bits per heavy atom. The summed E-state index contributed by atoms with van der Waals surface area (Å²) in [5, 5.41) is 9.11. The van der Waals surface area contributed by atoms with Gasteiger partial charge in [-0.15, -0.1) is 0 Å². The number of carbonyl (C=O) groups excluding carboxylic acids is 1. The topological polar surface area (TPSA) is 69.5 Å². The zero-order chi connectivity index (χ0) is 24.0. The molecule has 1 aromatic heterocycles. The number of alkyl halides is 4. The highest BCUT2D eigenvalue weighted by Gasteiger charge is 2.59. The summed E-state index contributed by atoms with van der Waals surface area (Å²) in [5.41, 5.74) is -1.11. The molecule has 1 spiro atoms. The van der Waals surface area contributed by atoms with E-state index in [1.54, 1.807) is 17.0 Å². The van der Waals surface area contributed by atoms with Gasteiger partial charge in [-0.1, -0.05) is 6.92 Å². The fraction of sp³-hybridized carbons (Fsp3) is 0.364. The summed E-state index contributed by atoms with van der Waals surface area (Å²) >= 11 is 8.87. The number of ether oxygens (including phenoxy) is 1. The highest BCUT2D eigenvalue weighted by molar-refractivity contribution is 9.09. The maximum atomic E-state index is 13.5. The first-order valence-electron chi connectivity index (χ1n) is 10.2. The van der Waals surface area contributed by atoms with Gasteiger partial charge in [0, 0.05) is 5.69 Å². The maximum absolute atomic E-state index is 13.5. The third kappa shape index (κ3) is 3.75. The quantitative estimate of drug-likeness (QED) is 0.378. The molecule has 0 atom stereocenters. The lowest BCUT2D eigenvalue weighted by atomic mass is 9.75. The molecule has 1 aliphatic carbocycles. The summed E-state index contributed by atoms with van der Waals surface area (Å²) in [6, 6.07) is 7.68. The number of nitrogens with zero attached hydrogens (tertiary/aromatic N) is 4. The molecule has 1 amide bonds. The summed E-state index contributed by atoms with van der Waals surface area (Å²) in [5.74, 6) is 0.303. The molecule has 1 aliphatic heterocycles. The lowest BCUT2D eigenvalue weighted by Crippen LogP contribution is -2.55. The molecule has 1 saturated carbocycles. The third-order valence-electron chi connectivity index (χ3n) is 6.03. The van der Waals surface area contributed by atoms with Gasteiger partial charge in [0.15, 0.2) is 10.8 Å². The number of aryl methyl sites for hydroxylation is 1. The molecule has 2 fully saturated rings. The number of benzene rings is 1. The fourth-order valence-electron chi connectivity index (χ4n) is 4.27. The van der Waals surface area contributed by atoms with E-state index < -0.39 is 28.9 Å². The molecule has 2 heterocycles. The SMILES string of the molecule is CCc1cc(N2C(=S)N(c3cnc(C#N)c(C(F)(F)F)c3)C(=O)C23CCC3)ccc1OCBr. The molecule has 2 aromatic rings. The predicted octanol–water partition coefficient (Wildman–Crippen LogP) is 5.33. The minimum absolute atomic E-state index is 0.0792. The van der Waals surface area contributed by atoms with Crippen molar-refractivity contribution in [2.24, 2.45) is 0 Å². The molecule has 1 saturated heterocycles. The van der Waals surface area contributed by atoms with Crippen LogP contribution in [0.15, 0.2) is 30.5 Å². The van der Waals surface area contributed by atoms with Gasteiger partial charge in [-0.2, -0.15) is 18.4 Å². The Balaban J connectivity index is 1.80. The van der Waals surface area contributed by atoms with Crippen LogP contribution in [0.3, 0.4) is 0 Å². The van der Waals surface area contributed by atoms with Crippen molar-refractivity contribution in [3.05, 3.63) is 47.3 Å². The maximum Gasteiger partial charge on any atom is 0.419 e. The molecule has 1 aromatic carbocycles. The van der Waals surface area contributed by atoms with E-state index in [2.05, 4.69) is 20.9 Å². The molecule has 2 aliphatic rings. The smallest absolute Gasteiger partial charge is 0.419 e. The lowest BCUT2D eigenvalue weighted by Gasteiger charge is -2.43. The first kappa shape index (κ1) is 23.4. The van der Waals surface area contributed by atoms with Gasteiger partial charge in [0.25, 0.3) is 5.91 Å². The van der Waals surface area contributed by atoms with Crippen molar-refractivity contribution < 1.29 is 22.7 Å². The molecule has 0 radical (unpaired) electrons. The molecule has 11 heteroatoms. The Hall–Kier alpha value is -2.71. The monoisotopic (exact) mass is 538 g/mol. The Morgan fingerprint density at radius 1 is 1.30 bits per heavy atom. The van der Waals surface area contributed by atoms with E-state index in [-0.39, 0.29) is 10.8 Å². The van der Waals surface area contributed by atoms with Crippen LogP contribution < -0.4 is 14.5 Å². The summed E-state index contributed by atoms with van der Waals surface area (Å²) in [6.45, 7) is 1.97. The molecule has 4 rings (SSSR count). The van der Waals surface area contributed by atoms with Gasteiger partial charge in [-0.05, 0) is 83.7 Å². The summed E-state index contributed by atoms with van der Waals surface area (Å²) in [7, 11) is 0. The third-order valence-corrected chi connectivity index (χ3v) is 6.62. The molecule has 0 N–H and O–H groups in total. The zero-order valence-corrected chi connectivity index (χ0v) is 19.9. The standard InChI is InChI=1S/C22H18BrF3N4O2S/c1-2-13-8-14(4-5-18(13)32-12-23)30-20(33)29(19(31)21(30)6-3-7-21)15-9-16(22(24,25)26)17(10-27)28-11-15/h4-5,8-9,11H,2-3,6-7,12H2,1H3. The van der Waals surface area contributed by atoms with Crippen LogP contribution in [0, 0.1) is 11.3 Å². The van der Waals surface area contributed by atoms with Crippen LogP contribution >= 0.6 is 28.1 Å². The van der Waals surface area contributed by atoms with Crippen LogP contribution in [0.5, 0.6) is 5.75 Å². The number of amides is 1.